The van der Waals surface area contributed by atoms with E-state index in [0.29, 0.717) is 0 Å². The van der Waals surface area contributed by atoms with E-state index in [2.05, 4.69) is 5.32 Å². The van der Waals surface area contributed by atoms with E-state index >= 15 is 0 Å². The standard InChI is InChI=1S/C7H16N2/c1-3-7(8)5-4-6-9-2/h3,9H,4-6,8H2,1-2H3. The Bertz CT molecular complexity index is 86.9. The van der Waals surface area contributed by atoms with Crippen LogP contribution in [0.2, 0.25) is 0 Å². The van der Waals surface area contributed by atoms with Crippen LogP contribution in [0.1, 0.15) is 19.8 Å². The van der Waals surface area contributed by atoms with Gasteiger partial charge in [-0.05, 0) is 33.4 Å². The van der Waals surface area contributed by atoms with E-state index in [4.69, 9.17) is 5.73 Å². The molecule has 9 heavy (non-hydrogen) atoms. The first-order valence-electron chi connectivity index (χ1n) is 3.36. The molecule has 0 radical (unpaired) electrons. The number of nitrogens with two attached hydrogens (primary N) is 1. The Morgan fingerprint density at radius 1 is 1.67 bits per heavy atom. The molecule has 0 heterocycles. The molecular weight excluding hydrogens is 112 g/mol. The molecule has 0 fully saturated rings. The van der Waals surface area contributed by atoms with Crippen molar-refractivity contribution in [3.8, 4) is 0 Å². The lowest BCUT2D eigenvalue weighted by molar-refractivity contribution is 0.717. The monoisotopic (exact) mass is 128 g/mol. The second-order valence-corrected chi connectivity index (χ2v) is 2.07. The molecule has 2 heteroatoms. The van der Waals surface area contributed by atoms with E-state index in [1.807, 2.05) is 20.0 Å². The molecule has 0 aliphatic rings. The molecule has 0 aromatic rings. The molecule has 0 bridgehead atoms. The smallest absolute Gasteiger partial charge is 0.00376 e. The Balaban J connectivity index is 3.07. The Morgan fingerprint density at radius 2 is 2.33 bits per heavy atom. The lowest BCUT2D eigenvalue weighted by Crippen LogP contribution is -2.08. The Hall–Kier alpha value is -0.500. The van der Waals surface area contributed by atoms with Crippen molar-refractivity contribution in [2.24, 2.45) is 5.73 Å². The predicted octanol–water partition coefficient (Wildman–Crippen LogP) is 0.848. The largest absolute Gasteiger partial charge is 0.402 e. The van der Waals surface area contributed by atoms with Gasteiger partial charge >= 0.3 is 0 Å². The van der Waals surface area contributed by atoms with Crippen LogP contribution < -0.4 is 11.1 Å². The second-order valence-electron chi connectivity index (χ2n) is 2.07. The molecule has 2 nitrogen and oxygen atoms in total. The van der Waals surface area contributed by atoms with Gasteiger partial charge in [-0.25, -0.2) is 0 Å². The van der Waals surface area contributed by atoms with Gasteiger partial charge in [-0.3, -0.25) is 0 Å². The van der Waals surface area contributed by atoms with Gasteiger partial charge in [0.2, 0.25) is 0 Å². The van der Waals surface area contributed by atoms with Crippen LogP contribution in [0.5, 0.6) is 0 Å². The maximum absolute atomic E-state index is 5.55. The van der Waals surface area contributed by atoms with Gasteiger partial charge in [0.05, 0.1) is 0 Å². The van der Waals surface area contributed by atoms with E-state index < -0.39 is 0 Å². The Labute approximate surface area is 57.1 Å². The number of allylic oxidation sites excluding steroid dienone is 2. The van der Waals surface area contributed by atoms with Crippen LogP contribution in [0.25, 0.3) is 0 Å². The van der Waals surface area contributed by atoms with Crippen LogP contribution in [0.3, 0.4) is 0 Å². The van der Waals surface area contributed by atoms with Crippen molar-refractivity contribution in [2.45, 2.75) is 19.8 Å². The van der Waals surface area contributed by atoms with Gasteiger partial charge in [-0.15, -0.1) is 0 Å². The summed E-state index contributed by atoms with van der Waals surface area (Å²) in [6.07, 6.45) is 4.10. The lowest BCUT2D eigenvalue weighted by atomic mass is 10.2. The third-order valence-corrected chi connectivity index (χ3v) is 1.26. The van der Waals surface area contributed by atoms with Gasteiger partial charge in [-0.2, -0.15) is 0 Å². The van der Waals surface area contributed by atoms with Gasteiger partial charge in [0, 0.05) is 5.70 Å². The molecule has 0 aliphatic carbocycles. The zero-order valence-electron chi connectivity index (χ0n) is 6.28. The van der Waals surface area contributed by atoms with Crippen LogP contribution in [0.15, 0.2) is 11.8 Å². The molecule has 0 saturated carbocycles. The van der Waals surface area contributed by atoms with Crippen molar-refractivity contribution in [3.63, 3.8) is 0 Å². The summed E-state index contributed by atoms with van der Waals surface area (Å²) in [5.41, 5.74) is 6.54. The highest BCUT2D eigenvalue weighted by Gasteiger charge is 1.86. The first-order valence-corrected chi connectivity index (χ1v) is 3.36. The second kappa shape index (κ2) is 5.63. The van der Waals surface area contributed by atoms with Gasteiger partial charge in [-0.1, -0.05) is 6.08 Å². The summed E-state index contributed by atoms with van der Waals surface area (Å²) in [7, 11) is 1.95. The first-order chi connectivity index (χ1) is 4.31. The van der Waals surface area contributed by atoms with Crippen molar-refractivity contribution < 1.29 is 0 Å². The van der Waals surface area contributed by atoms with Crippen LogP contribution in [-0.4, -0.2) is 13.6 Å². The Kier molecular flexibility index (Phi) is 5.32. The lowest BCUT2D eigenvalue weighted by Gasteiger charge is -1.98. The zero-order valence-corrected chi connectivity index (χ0v) is 6.28. The molecule has 0 spiro atoms. The summed E-state index contributed by atoms with van der Waals surface area (Å²) in [5.74, 6) is 0. The fraction of sp³-hybridized carbons (Fsp3) is 0.714. The quantitative estimate of drug-likeness (QED) is 0.551. The highest BCUT2D eigenvalue weighted by atomic mass is 14.8. The molecule has 0 aliphatic heterocycles. The molecule has 0 rings (SSSR count). The highest BCUT2D eigenvalue weighted by Crippen LogP contribution is 1.94. The number of rotatable bonds is 4. The number of hydrogen-bond acceptors (Lipinski definition) is 2. The van der Waals surface area contributed by atoms with E-state index in [1.165, 1.54) is 0 Å². The fourth-order valence-corrected chi connectivity index (χ4v) is 0.614. The fourth-order valence-electron chi connectivity index (χ4n) is 0.614. The van der Waals surface area contributed by atoms with Crippen molar-refractivity contribution in [2.75, 3.05) is 13.6 Å². The number of nitrogens with one attached hydrogen (secondary N) is 1. The zero-order chi connectivity index (χ0) is 7.11. The molecular formula is C7H16N2. The maximum Gasteiger partial charge on any atom is 0.00376 e. The summed E-state index contributed by atoms with van der Waals surface area (Å²) in [5, 5.41) is 3.06. The Morgan fingerprint density at radius 3 is 2.78 bits per heavy atom. The third-order valence-electron chi connectivity index (χ3n) is 1.26. The summed E-state index contributed by atoms with van der Waals surface area (Å²) in [6, 6.07) is 0. The molecule has 0 aromatic carbocycles. The van der Waals surface area contributed by atoms with E-state index in [1.54, 1.807) is 0 Å². The first kappa shape index (κ1) is 8.50. The topological polar surface area (TPSA) is 38.0 Å². The minimum absolute atomic E-state index is 0.991. The van der Waals surface area contributed by atoms with Gasteiger partial charge in [0.15, 0.2) is 0 Å². The van der Waals surface area contributed by atoms with Gasteiger partial charge < -0.3 is 11.1 Å². The van der Waals surface area contributed by atoms with Crippen LogP contribution in [0.4, 0.5) is 0 Å². The van der Waals surface area contributed by atoms with E-state index in [-0.39, 0.29) is 0 Å². The number of hydrogen-bond donors (Lipinski definition) is 2. The van der Waals surface area contributed by atoms with Gasteiger partial charge in [0.1, 0.15) is 0 Å². The summed E-state index contributed by atoms with van der Waals surface area (Å²) < 4.78 is 0. The summed E-state index contributed by atoms with van der Waals surface area (Å²) >= 11 is 0. The normalized spacial score (nSPS) is 12.0. The van der Waals surface area contributed by atoms with E-state index in [9.17, 15) is 0 Å². The average Bonchev–Trinajstić information content (AvgIpc) is 1.89. The molecule has 0 amide bonds. The van der Waals surface area contributed by atoms with Crippen molar-refractivity contribution in [3.05, 3.63) is 11.8 Å². The molecule has 0 atom stereocenters. The summed E-state index contributed by atoms with van der Waals surface area (Å²) in [4.78, 5) is 0. The van der Waals surface area contributed by atoms with Crippen molar-refractivity contribution in [1.82, 2.24) is 5.32 Å². The maximum atomic E-state index is 5.55. The molecule has 0 aromatic heterocycles. The van der Waals surface area contributed by atoms with Crippen LogP contribution in [0, 0.1) is 0 Å². The molecule has 0 unspecified atom stereocenters. The third kappa shape index (κ3) is 5.37. The van der Waals surface area contributed by atoms with Crippen LogP contribution >= 0.6 is 0 Å². The SMILES string of the molecule is CC=C(N)CCCNC. The van der Waals surface area contributed by atoms with E-state index in [0.717, 1.165) is 25.1 Å². The average molecular weight is 128 g/mol. The molecule has 54 valence electrons. The highest BCUT2D eigenvalue weighted by molar-refractivity contribution is 4.93. The molecule has 3 N–H and O–H groups in total. The minimum atomic E-state index is 0.991. The minimum Gasteiger partial charge on any atom is -0.402 e. The predicted molar refractivity (Wildman–Crippen MR) is 41.1 cm³/mol. The summed E-state index contributed by atoms with van der Waals surface area (Å²) in [6.45, 7) is 3.02. The van der Waals surface area contributed by atoms with Gasteiger partial charge in [0.25, 0.3) is 0 Å². The molecule has 0 saturated heterocycles. The van der Waals surface area contributed by atoms with Crippen LogP contribution in [-0.2, 0) is 0 Å². The van der Waals surface area contributed by atoms with Crippen molar-refractivity contribution >= 4 is 0 Å². The van der Waals surface area contributed by atoms with Crippen molar-refractivity contribution in [1.29, 1.82) is 0 Å².